The number of rotatable bonds is 4. The number of carbonyl (C=O) groups is 3. The number of nitrogens with one attached hydrogen (secondary N) is 1. The topological polar surface area (TPSA) is 72.5 Å². The van der Waals surface area contributed by atoms with Crippen molar-refractivity contribution in [3.05, 3.63) is 65.7 Å². The van der Waals surface area contributed by atoms with Crippen LogP contribution in [0.4, 0.5) is 5.69 Å². The van der Waals surface area contributed by atoms with Crippen LogP contribution in [0.2, 0.25) is 0 Å². The fourth-order valence-electron chi connectivity index (χ4n) is 2.73. The number of hydrogen-bond donors (Lipinski definition) is 1. The van der Waals surface area contributed by atoms with E-state index in [0.717, 1.165) is 5.56 Å². The number of Topliss-reactive ketones (excluding diaryl/α,β-unsaturated/α-hetero) is 1. The van der Waals surface area contributed by atoms with Gasteiger partial charge < -0.3 is 10.1 Å². The SMILES string of the molecule is O=C(CBr)OC1(Cc2ccccc2)C(=O)Nc2ccccc2C1=O. The van der Waals surface area contributed by atoms with Crippen LogP contribution in [0, 0.1) is 0 Å². The quantitative estimate of drug-likeness (QED) is 0.497. The van der Waals surface area contributed by atoms with Crippen LogP contribution in [-0.2, 0) is 20.7 Å². The van der Waals surface area contributed by atoms with Gasteiger partial charge in [-0.25, -0.2) is 0 Å². The van der Waals surface area contributed by atoms with Crippen LogP contribution in [0.5, 0.6) is 0 Å². The van der Waals surface area contributed by atoms with Crippen molar-refractivity contribution < 1.29 is 19.1 Å². The number of carbonyl (C=O) groups excluding carboxylic acids is 3. The zero-order valence-electron chi connectivity index (χ0n) is 12.6. The lowest BCUT2D eigenvalue weighted by Crippen LogP contribution is -2.57. The minimum Gasteiger partial charge on any atom is -0.439 e. The number of para-hydroxylation sites is 1. The first-order valence-corrected chi connectivity index (χ1v) is 8.46. The molecular formula is C18H14BrNO4. The Morgan fingerprint density at radius 1 is 1.04 bits per heavy atom. The Hall–Kier alpha value is -2.47. The summed E-state index contributed by atoms with van der Waals surface area (Å²) in [5.74, 6) is -1.82. The number of anilines is 1. The molecule has 0 saturated carbocycles. The monoisotopic (exact) mass is 387 g/mol. The van der Waals surface area contributed by atoms with E-state index in [9.17, 15) is 14.4 Å². The summed E-state index contributed by atoms with van der Waals surface area (Å²) in [6.45, 7) is 0. The van der Waals surface area contributed by atoms with Gasteiger partial charge in [-0.15, -0.1) is 0 Å². The number of amides is 1. The van der Waals surface area contributed by atoms with E-state index in [1.54, 1.807) is 48.5 Å². The van der Waals surface area contributed by atoms with Gasteiger partial charge in [0.1, 0.15) is 5.33 Å². The summed E-state index contributed by atoms with van der Waals surface area (Å²) >= 11 is 3.01. The predicted molar refractivity (Wildman–Crippen MR) is 92.2 cm³/mol. The van der Waals surface area contributed by atoms with Crippen molar-refractivity contribution >= 4 is 39.3 Å². The van der Waals surface area contributed by atoms with Crippen molar-refractivity contribution in [3.8, 4) is 0 Å². The van der Waals surface area contributed by atoms with Crippen molar-refractivity contribution in [3.63, 3.8) is 0 Å². The number of fused-ring (bicyclic) bond motifs is 1. The average molecular weight is 388 g/mol. The minimum atomic E-state index is -1.90. The van der Waals surface area contributed by atoms with Gasteiger partial charge in [0.05, 0.1) is 5.69 Å². The van der Waals surface area contributed by atoms with E-state index >= 15 is 0 Å². The third kappa shape index (κ3) is 2.85. The first-order valence-electron chi connectivity index (χ1n) is 7.34. The van der Waals surface area contributed by atoms with Crippen molar-refractivity contribution in [1.82, 2.24) is 0 Å². The molecule has 0 fully saturated rings. The molecule has 1 aliphatic heterocycles. The van der Waals surface area contributed by atoms with Gasteiger partial charge in [0.2, 0.25) is 5.78 Å². The van der Waals surface area contributed by atoms with Gasteiger partial charge in [-0.2, -0.15) is 0 Å². The first kappa shape index (κ1) is 16.4. The fourth-order valence-corrected chi connectivity index (χ4v) is 2.84. The molecule has 3 rings (SSSR count). The number of halogens is 1. The Balaban J connectivity index is 2.09. The van der Waals surface area contributed by atoms with E-state index in [0.29, 0.717) is 11.3 Å². The molecule has 5 nitrogen and oxygen atoms in total. The van der Waals surface area contributed by atoms with Gasteiger partial charge in [0.25, 0.3) is 11.5 Å². The van der Waals surface area contributed by atoms with Crippen LogP contribution < -0.4 is 5.32 Å². The predicted octanol–water partition coefficient (Wildman–Crippen LogP) is 2.74. The van der Waals surface area contributed by atoms with E-state index in [1.165, 1.54) is 0 Å². The maximum atomic E-state index is 13.1. The number of ketones is 1. The molecule has 1 amide bonds. The smallest absolute Gasteiger partial charge is 0.318 e. The van der Waals surface area contributed by atoms with Gasteiger partial charge in [0.15, 0.2) is 0 Å². The van der Waals surface area contributed by atoms with Gasteiger partial charge in [-0.3, -0.25) is 14.4 Å². The van der Waals surface area contributed by atoms with Crippen LogP contribution in [0.1, 0.15) is 15.9 Å². The molecule has 1 aliphatic rings. The van der Waals surface area contributed by atoms with E-state index < -0.39 is 23.3 Å². The summed E-state index contributed by atoms with van der Waals surface area (Å²) in [5.41, 5.74) is -0.426. The molecule has 0 aliphatic carbocycles. The summed E-state index contributed by atoms with van der Waals surface area (Å²) in [6.07, 6.45) is -0.0222. The summed E-state index contributed by atoms with van der Waals surface area (Å²) in [7, 11) is 0. The van der Waals surface area contributed by atoms with Crippen LogP contribution in [0.15, 0.2) is 54.6 Å². The molecule has 24 heavy (non-hydrogen) atoms. The minimum absolute atomic E-state index is 0.0222. The van der Waals surface area contributed by atoms with Crippen LogP contribution >= 0.6 is 15.9 Å². The zero-order valence-corrected chi connectivity index (χ0v) is 14.2. The molecule has 122 valence electrons. The molecule has 1 atom stereocenters. The second-order valence-electron chi connectivity index (χ2n) is 5.43. The van der Waals surface area contributed by atoms with Crippen molar-refractivity contribution in [2.75, 3.05) is 10.6 Å². The molecule has 2 aromatic carbocycles. The molecule has 6 heteroatoms. The third-order valence-electron chi connectivity index (χ3n) is 3.85. The summed E-state index contributed by atoms with van der Waals surface area (Å²) in [6, 6.07) is 15.7. The summed E-state index contributed by atoms with van der Waals surface area (Å²) < 4.78 is 5.37. The van der Waals surface area contributed by atoms with Crippen LogP contribution in [-0.4, -0.2) is 28.6 Å². The Morgan fingerprint density at radius 2 is 1.71 bits per heavy atom. The largest absolute Gasteiger partial charge is 0.439 e. The zero-order chi connectivity index (χ0) is 17.2. The maximum Gasteiger partial charge on any atom is 0.318 e. The highest BCUT2D eigenvalue weighted by Crippen LogP contribution is 2.33. The van der Waals surface area contributed by atoms with Gasteiger partial charge in [0, 0.05) is 12.0 Å². The molecule has 0 bridgehead atoms. The second-order valence-corrected chi connectivity index (χ2v) is 5.99. The van der Waals surface area contributed by atoms with E-state index in [2.05, 4.69) is 21.2 Å². The fraction of sp³-hybridized carbons (Fsp3) is 0.167. The van der Waals surface area contributed by atoms with Crippen molar-refractivity contribution in [2.45, 2.75) is 12.0 Å². The maximum absolute atomic E-state index is 13.1. The Bertz CT molecular complexity index is 806. The normalized spacial score (nSPS) is 19.4. The number of esters is 1. The molecule has 1 heterocycles. The highest BCUT2D eigenvalue weighted by molar-refractivity contribution is 9.09. The number of alkyl halides is 1. The number of ether oxygens (including phenoxy) is 1. The number of hydrogen-bond acceptors (Lipinski definition) is 4. The Labute approximate surface area is 147 Å². The molecule has 1 N–H and O–H groups in total. The molecule has 0 aromatic heterocycles. The lowest BCUT2D eigenvalue weighted by Gasteiger charge is -2.34. The molecule has 0 radical (unpaired) electrons. The highest BCUT2D eigenvalue weighted by atomic mass is 79.9. The molecule has 1 unspecified atom stereocenters. The molecule has 2 aromatic rings. The summed E-state index contributed by atoms with van der Waals surface area (Å²) in [4.78, 5) is 37.6. The van der Waals surface area contributed by atoms with Crippen LogP contribution in [0.25, 0.3) is 0 Å². The lowest BCUT2D eigenvalue weighted by molar-refractivity contribution is -0.158. The first-order chi connectivity index (χ1) is 11.6. The van der Waals surface area contributed by atoms with Crippen molar-refractivity contribution in [2.24, 2.45) is 0 Å². The summed E-state index contributed by atoms with van der Waals surface area (Å²) in [5, 5.41) is 2.57. The van der Waals surface area contributed by atoms with Gasteiger partial charge in [-0.1, -0.05) is 58.4 Å². The number of benzene rings is 2. The van der Waals surface area contributed by atoms with Crippen molar-refractivity contribution in [1.29, 1.82) is 0 Å². The third-order valence-corrected chi connectivity index (χ3v) is 4.30. The Morgan fingerprint density at radius 3 is 2.42 bits per heavy atom. The molecular weight excluding hydrogens is 374 g/mol. The van der Waals surface area contributed by atoms with E-state index in [-0.39, 0.29) is 11.8 Å². The average Bonchev–Trinajstić information content (AvgIpc) is 2.60. The molecule has 0 saturated heterocycles. The molecule has 0 spiro atoms. The van der Waals surface area contributed by atoms with Crippen LogP contribution in [0.3, 0.4) is 0 Å². The highest BCUT2D eigenvalue weighted by Gasteiger charge is 2.53. The second kappa shape index (κ2) is 6.57. The van der Waals surface area contributed by atoms with Gasteiger partial charge in [-0.05, 0) is 17.7 Å². The van der Waals surface area contributed by atoms with Gasteiger partial charge >= 0.3 is 5.97 Å². The van der Waals surface area contributed by atoms with E-state index in [1.807, 2.05) is 6.07 Å². The van der Waals surface area contributed by atoms with E-state index in [4.69, 9.17) is 4.74 Å². The lowest BCUT2D eigenvalue weighted by atomic mass is 9.82. The standard InChI is InChI=1S/C18H14BrNO4/c19-11-15(21)24-18(10-12-6-2-1-3-7-12)16(22)13-8-4-5-9-14(13)20-17(18)23/h1-9H,10-11H2,(H,20,23). The Kier molecular flexibility index (Phi) is 4.49.